The van der Waals surface area contributed by atoms with Gasteiger partial charge in [0.25, 0.3) is 0 Å². The molecular formula is C21H19FN2OS. The van der Waals surface area contributed by atoms with E-state index in [2.05, 4.69) is 33.8 Å². The van der Waals surface area contributed by atoms with Gasteiger partial charge >= 0.3 is 0 Å². The van der Waals surface area contributed by atoms with Crippen LogP contribution in [-0.2, 0) is 11.2 Å². The third-order valence-electron chi connectivity index (χ3n) is 4.68. The fourth-order valence-corrected chi connectivity index (χ4v) is 4.40. The van der Waals surface area contributed by atoms with Crippen molar-refractivity contribution in [3.8, 4) is 0 Å². The molecule has 0 aliphatic carbocycles. The lowest BCUT2D eigenvalue weighted by molar-refractivity contribution is -0.117. The fraction of sp³-hybridized carbons (Fsp3) is 0.190. The number of benzene rings is 2. The Bertz CT molecular complexity index is 909. The highest BCUT2D eigenvalue weighted by atomic mass is 32.1. The second kappa shape index (κ2) is 7.40. The van der Waals surface area contributed by atoms with Gasteiger partial charge in [0.2, 0.25) is 5.91 Å². The van der Waals surface area contributed by atoms with E-state index in [9.17, 15) is 9.18 Å². The summed E-state index contributed by atoms with van der Waals surface area (Å²) in [5.41, 5.74) is 2.67. The largest absolute Gasteiger partial charge is 0.322 e. The monoisotopic (exact) mass is 366 g/mol. The van der Waals surface area contributed by atoms with Gasteiger partial charge in [0.1, 0.15) is 5.82 Å². The molecule has 0 unspecified atom stereocenters. The number of para-hydroxylation sites is 1. The number of rotatable bonds is 4. The number of nitrogens with one attached hydrogen (secondary N) is 1. The summed E-state index contributed by atoms with van der Waals surface area (Å²) >= 11 is 1.77. The number of amides is 1. The molecular weight excluding hydrogens is 347 g/mol. The Morgan fingerprint density at radius 1 is 1.12 bits per heavy atom. The first-order valence-electron chi connectivity index (χ1n) is 8.62. The highest BCUT2D eigenvalue weighted by molar-refractivity contribution is 7.10. The first kappa shape index (κ1) is 16.9. The number of hydrogen-bond acceptors (Lipinski definition) is 3. The Kier molecular flexibility index (Phi) is 4.82. The van der Waals surface area contributed by atoms with Crippen LogP contribution in [0.3, 0.4) is 0 Å². The number of anilines is 1. The lowest BCUT2D eigenvalue weighted by atomic mass is 9.93. The molecule has 0 saturated carbocycles. The van der Waals surface area contributed by atoms with E-state index in [0.29, 0.717) is 0 Å². The van der Waals surface area contributed by atoms with E-state index in [0.717, 1.165) is 13.0 Å². The standard InChI is InChI=1S/C21H19FN2OS/c22-17-8-4-5-9-18(17)23-20(25)14-24-12-10-19-16(11-13-26-19)21(24)15-6-2-1-3-7-15/h1-9,11,13,21H,10,12,14H2,(H,23,25)/t21-/m1/s1. The SMILES string of the molecule is O=C(CN1CCc2sccc2[C@H]1c1ccccc1)Nc1ccccc1F. The summed E-state index contributed by atoms with van der Waals surface area (Å²) in [6, 6.07) is 18.7. The molecule has 1 aromatic heterocycles. The molecule has 1 N–H and O–H groups in total. The zero-order chi connectivity index (χ0) is 17.9. The van der Waals surface area contributed by atoms with Crippen LogP contribution < -0.4 is 5.32 Å². The van der Waals surface area contributed by atoms with Crippen LogP contribution in [0.25, 0.3) is 0 Å². The lowest BCUT2D eigenvalue weighted by Crippen LogP contribution is -2.40. The van der Waals surface area contributed by atoms with Crippen molar-refractivity contribution in [3.63, 3.8) is 0 Å². The van der Waals surface area contributed by atoms with Crippen LogP contribution in [0.15, 0.2) is 66.0 Å². The number of hydrogen-bond donors (Lipinski definition) is 1. The molecule has 0 spiro atoms. The van der Waals surface area contributed by atoms with Crippen molar-refractivity contribution in [1.82, 2.24) is 4.90 Å². The molecule has 0 bridgehead atoms. The van der Waals surface area contributed by atoms with Crippen molar-refractivity contribution < 1.29 is 9.18 Å². The molecule has 0 radical (unpaired) electrons. The van der Waals surface area contributed by atoms with Crippen molar-refractivity contribution in [3.05, 3.63) is 87.9 Å². The average Bonchev–Trinajstić information content (AvgIpc) is 3.13. The summed E-state index contributed by atoms with van der Waals surface area (Å²) in [6.07, 6.45) is 0.934. The van der Waals surface area contributed by atoms with Crippen molar-refractivity contribution in [2.75, 3.05) is 18.4 Å². The van der Waals surface area contributed by atoms with E-state index in [1.165, 1.54) is 22.1 Å². The maximum atomic E-state index is 13.8. The molecule has 4 rings (SSSR count). The van der Waals surface area contributed by atoms with Crippen LogP contribution in [0.1, 0.15) is 22.0 Å². The van der Waals surface area contributed by atoms with E-state index < -0.39 is 5.82 Å². The second-order valence-corrected chi connectivity index (χ2v) is 7.36. The minimum atomic E-state index is -0.417. The molecule has 3 nitrogen and oxygen atoms in total. The molecule has 3 aromatic rings. The van der Waals surface area contributed by atoms with E-state index in [1.807, 2.05) is 18.2 Å². The first-order chi connectivity index (χ1) is 12.7. The maximum Gasteiger partial charge on any atom is 0.238 e. The Hall–Kier alpha value is -2.50. The topological polar surface area (TPSA) is 32.3 Å². The number of carbonyl (C=O) groups excluding carboxylic acids is 1. The summed E-state index contributed by atoms with van der Waals surface area (Å²) in [5.74, 6) is -0.617. The Morgan fingerprint density at radius 2 is 1.88 bits per heavy atom. The molecule has 0 fully saturated rings. The third-order valence-corrected chi connectivity index (χ3v) is 5.67. The molecule has 26 heavy (non-hydrogen) atoms. The minimum absolute atomic E-state index is 0.0533. The van der Waals surface area contributed by atoms with Crippen molar-refractivity contribution in [2.24, 2.45) is 0 Å². The number of fused-ring (bicyclic) bond motifs is 1. The molecule has 1 aliphatic heterocycles. The van der Waals surface area contributed by atoms with Gasteiger partial charge in [-0.3, -0.25) is 9.69 Å². The van der Waals surface area contributed by atoms with Gasteiger partial charge in [-0.15, -0.1) is 11.3 Å². The van der Waals surface area contributed by atoms with Gasteiger partial charge in [-0.05, 0) is 41.1 Å². The van der Waals surface area contributed by atoms with Crippen LogP contribution in [-0.4, -0.2) is 23.9 Å². The minimum Gasteiger partial charge on any atom is -0.322 e. The average molecular weight is 366 g/mol. The molecule has 132 valence electrons. The number of thiophene rings is 1. The molecule has 2 heterocycles. The zero-order valence-corrected chi connectivity index (χ0v) is 15.0. The second-order valence-electron chi connectivity index (χ2n) is 6.36. The summed E-state index contributed by atoms with van der Waals surface area (Å²) in [7, 11) is 0. The van der Waals surface area contributed by atoms with E-state index in [1.54, 1.807) is 29.5 Å². The van der Waals surface area contributed by atoms with E-state index >= 15 is 0 Å². The van der Waals surface area contributed by atoms with Crippen molar-refractivity contribution >= 4 is 22.9 Å². The summed E-state index contributed by atoms with van der Waals surface area (Å²) < 4.78 is 13.8. The summed E-state index contributed by atoms with van der Waals surface area (Å²) in [4.78, 5) is 16.1. The van der Waals surface area contributed by atoms with Crippen LogP contribution >= 0.6 is 11.3 Å². The molecule has 5 heteroatoms. The van der Waals surface area contributed by atoms with Gasteiger partial charge in [-0.25, -0.2) is 4.39 Å². The van der Waals surface area contributed by atoms with Gasteiger partial charge < -0.3 is 5.32 Å². The smallest absolute Gasteiger partial charge is 0.238 e. The van der Waals surface area contributed by atoms with E-state index in [4.69, 9.17) is 0 Å². The van der Waals surface area contributed by atoms with Crippen LogP contribution in [0, 0.1) is 5.82 Å². The first-order valence-corrected chi connectivity index (χ1v) is 9.50. The molecule has 2 aromatic carbocycles. The molecule has 1 amide bonds. The van der Waals surface area contributed by atoms with Gasteiger partial charge in [-0.2, -0.15) is 0 Å². The Labute approximate surface area is 156 Å². The quantitative estimate of drug-likeness (QED) is 0.739. The van der Waals surface area contributed by atoms with Crippen LogP contribution in [0.5, 0.6) is 0 Å². The predicted molar refractivity (Wildman–Crippen MR) is 103 cm³/mol. The summed E-state index contributed by atoms with van der Waals surface area (Å²) in [6.45, 7) is 1.03. The molecule has 1 atom stereocenters. The van der Waals surface area contributed by atoms with Crippen molar-refractivity contribution in [2.45, 2.75) is 12.5 Å². The molecule has 0 saturated heterocycles. The van der Waals surface area contributed by atoms with Crippen LogP contribution in [0.2, 0.25) is 0 Å². The number of carbonyl (C=O) groups is 1. The lowest BCUT2D eigenvalue weighted by Gasteiger charge is -2.35. The highest BCUT2D eigenvalue weighted by Crippen LogP contribution is 2.37. The highest BCUT2D eigenvalue weighted by Gasteiger charge is 2.30. The predicted octanol–water partition coefficient (Wildman–Crippen LogP) is 4.47. The third kappa shape index (κ3) is 3.41. The summed E-state index contributed by atoms with van der Waals surface area (Å²) in [5, 5.41) is 4.81. The number of halogens is 1. The van der Waals surface area contributed by atoms with Gasteiger partial charge in [0.05, 0.1) is 18.3 Å². The zero-order valence-electron chi connectivity index (χ0n) is 14.2. The molecule has 1 aliphatic rings. The fourth-order valence-electron chi connectivity index (χ4n) is 3.50. The normalized spacial score (nSPS) is 16.9. The Balaban J connectivity index is 1.57. The van der Waals surface area contributed by atoms with Gasteiger partial charge in [0, 0.05) is 11.4 Å². The maximum absolute atomic E-state index is 13.8. The van der Waals surface area contributed by atoms with Crippen LogP contribution in [0.4, 0.5) is 10.1 Å². The van der Waals surface area contributed by atoms with Gasteiger partial charge in [-0.1, -0.05) is 42.5 Å². The number of nitrogens with zero attached hydrogens (tertiary/aromatic N) is 1. The Morgan fingerprint density at radius 3 is 2.69 bits per heavy atom. The van der Waals surface area contributed by atoms with Crippen molar-refractivity contribution in [1.29, 1.82) is 0 Å². The van der Waals surface area contributed by atoms with E-state index in [-0.39, 0.29) is 24.2 Å². The van der Waals surface area contributed by atoms with Gasteiger partial charge in [0.15, 0.2) is 0 Å².